The Balaban J connectivity index is -0.0000000215. The Hall–Kier alpha value is 0.434. The van der Waals surface area contributed by atoms with Crippen molar-refractivity contribution >= 4 is 0 Å². The molecule has 0 rings (SSSR count). The summed E-state index contributed by atoms with van der Waals surface area (Å²) < 4.78 is 8.25. The summed E-state index contributed by atoms with van der Waals surface area (Å²) >= 11 is 0.750. The van der Waals surface area contributed by atoms with Crippen molar-refractivity contribution in [3.63, 3.8) is 0 Å². The Morgan fingerprint density at radius 1 is 1.15 bits per heavy atom. The summed E-state index contributed by atoms with van der Waals surface area (Å²) in [7, 11) is 0. The molecule has 0 aromatic carbocycles. The Bertz CT molecular complexity index is 33.3. The molecule has 13 heavy (non-hydrogen) atoms. The predicted octanol–water partition coefficient (Wildman–Crippen LogP) is 1.95. The van der Waals surface area contributed by atoms with Gasteiger partial charge in [0.05, 0.1) is 0 Å². The summed E-state index contributed by atoms with van der Waals surface area (Å²) in [6.07, 6.45) is -0.167. The second kappa shape index (κ2) is 82.7. The van der Waals surface area contributed by atoms with Gasteiger partial charge >= 0.3 is 23.7 Å². The first-order valence-corrected chi connectivity index (χ1v) is 4.69. The summed E-state index contributed by atoms with van der Waals surface area (Å²) in [5, 5.41) is 15.6. The van der Waals surface area contributed by atoms with Gasteiger partial charge in [-0.2, -0.15) is 13.8 Å². The Morgan fingerprint density at radius 3 is 1.15 bits per heavy atom. The minimum absolute atomic E-state index is 0.167. The first kappa shape index (κ1) is 29.2. The predicted molar refractivity (Wildman–Crippen MR) is 52.9 cm³/mol. The van der Waals surface area contributed by atoms with Crippen LogP contribution in [0.25, 0.3) is 0 Å². The molecule has 82 valence electrons. The van der Waals surface area contributed by atoms with E-state index in [0.717, 1.165) is 20.4 Å². The normalized spacial score (nSPS) is 5.54. The fraction of sp³-hybridized carbons (Fsp3) is 0.778. The number of aliphatic hydroxyl groups excluding tert-OH is 2. The molecule has 0 aromatic rings. The van der Waals surface area contributed by atoms with Gasteiger partial charge in [-0.05, 0) is 20.8 Å². The van der Waals surface area contributed by atoms with Crippen molar-refractivity contribution < 1.29 is 33.9 Å². The number of hydrogen-bond donors (Lipinski definition) is 2. The van der Waals surface area contributed by atoms with Crippen LogP contribution >= 0.6 is 0 Å². The maximum absolute atomic E-state index is 8.25. The van der Waals surface area contributed by atoms with Crippen LogP contribution in [0.2, 0.25) is 0 Å². The zero-order valence-electron chi connectivity index (χ0n) is 9.50. The van der Waals surface area contributed by atoms with Gasteiger partial charge in [0.15, 0.2) is 0 Å². The topological polar surface area (TPSA) is 57.5 Å². The van der Waals surface area contributed by atoms with E-state index >= 15 is 0 Å². The molecule has 0 aliphatic rings. The molecule has 2 N–H and O–H groups in total. The van der Waals surface area contributed by atoms with Gasteiger partial charge in [0, 0.05) is 12.7 Å². The van der Waals surface area contributed by atoms with Crippen molar-refractivity contribution in [3.05, 3.63) is 13.8 Å². The van der Waals surface area contributed by atoms with Crippen LogP contribution in [0.1, 0.15) is 34.6 Å². The summed E-state index contributed by atoms with van der Waals surface area (Å²) in [4.78, 5) is 0. The SMILES string of the molecule is CC(C)O.CCO.[CH2-]C.[CH2-]C.[O]=[Ti+2]. The van der Waals surface area contributed by atoms with Crippen molar-refractivity contribution in [2.75, 3.05) is 6.61 Å². The van der Waals surface area contributed by atoms with Crippen LogP contribution in [0.5, 0.6) is 0 Å². The molecule has 0 spiro atoms. The third-order valence-corrected chi connectivity index (χ3v) is 0. The van der Waals surface area contributed by atoms with Gasteiger partial charge in [-0.25, -0.2) is 0 Å². The van der Waals surface area contributed by atoms with Crippen molar-refractivity contribution in [2.24, 2.45) is 0 Å². The molecular formula is C9H24O3Ti. The first-order chi connectivity index (χ1) is 6.15. The van der Waals surface area contributed by atoms with Gasteiger partial charge in [-0.15, -0.1) is 0 Å². The van der Waals surface area contributed by atoms with E-state index in [1.165, 1.54) is 0 Å². The minimum atomic E-state index is -0.167. The summed E-state index contributed by atoms with van der Waals surface area (Å²) in [5.41, 5.74) is 0. The summed E-state index contributed by atoms with van der Waals surface area (Å²) in [6, 6.07) is 0. The van der Waals surface area contributed by atoms with Crippen molar-refractivity contribution in [2.45, 2.75) is 40.7 Å². The van der Waals surface area contributed by atoms with E-state index in [1.54, 1.807) is 34.6 Å². The van der Waals surface area contributed by atoms with Gasteiger partial charge in [0.25, 0.3) is 0 Å². The number of rotatable bonds is 0. The Labute approximate surface area is 95.3 Å². The van der Waals surface area contributed by atoms with E-state index in [-0.39, 0.29) is 12.7 Å². The van der Waals surface area contributed by atoms with Gasteiger partial charge in [-0.3, -0.25) is 0 Å². The number of hydrogen-bond acceptors (Lipinski definition) is 3. The fourth-order valence-electron chi connectivity index (χ4n) is 0. The molecule has 0 aromatic heterocycles. The molecule has 0 saturated carbocycles. The van der Waals surface area contributed by atoms with Crippen LogP contribution < -0.4 is 0 Å². The molecule has 0 bridgehead atoms. The summed E-state index contributed by atoms with van der Waals surface area (Å²) in [5.74, 6) is 0. The molecular weight excluding hydrogens is 204 g/mol. The van der Waals surface area contributed by atoms with Crippen LogP contribution in [-0.4, -0.2) is 22.9 Å². The molecule has 0 unspecified atom stereocenters. The molecule has 0 amide bonds. The average Bonchev–Trinajstić information content (AvgIpc) is 2.14. The zero-order chi connectivity index (χ0) is 12.3. The quantitative estimate of drug-likeness (QED) is 0.492. The van der Waals surface area contributed by atoms with Crippen LogP contribution in [-0.2, 0) is 23.7 Å². The van der Waals surface area contributed by atoms with E-state index in [9.17, 15) is 0 Å². The van der Waals surface area contributed by atoms with Crippen LogP contribution in [0.4, 0.5) is 0 Å². The van der Waals surface area contributed by atoms with E-state index in [2.05, 4.69) is 13.8 Å². The fourth-order valence-corrected chi connectivity index (χ4v) is 0. The summed E-state index contributed by atoms with van der Waals surface area (Å²) in [6.45, 7) is 15.4. The molecule has 0 heterocycles. The molecule has 0 saturated heterocycles. The third-order valence-electron chi connectivity index (χ3n) is 0. The Kier molecular flexibility index (Phi) is 186. The van der Waals surface area contributed by atoms with Crippen LogP contribution in [0.3, 0.4) is 0 Å². The maximum atomic E-state index is 8.25. The number of aliphatic hydroxyl groups is 2. The monoisotopic (exact) mass is 228 g/mol. The van der Waals surface area contributed by atoms with Crippen LogP contribution in [0.15, 0.2) is 0 Å². The molecule has 0 aliphatic carbocycles. The average molecular weight is 228 g/mol. The van der Waals surface area contributed by atoms with Gasteiger partial charge in [0.2, 0.25) is 0 Å². The zero-order valence-corrected chi connectivity index (χ0v) is 11.1. The van der Waals surface area contributed by atoms with Gasteiger partial charge < -0.3 is 24.1 Å². The van der Waals surface area contributed by atoms with E-state index in [4.69, 9.17) is 13.5 Å². The van der Waals surface area contributed by atoms with Crippen molar-refractivity contribution in [3.8, 4) is 0 Å². The molecule has 4 heteroatoms. The van der Waals surface area contributed by atoms with E-state index in [0.29, 0.717) is 0 Å². The van der Waals surface area contributed by atoms with Gasteiger partial charge in [-0.1, -0.05) is 0 Å². The van der Waals surface area contributed by atoms with E-state index in [1.807, 2.05) is 0 Å². The Morgan fingerprint density at radius 2 is 1.15 bits per heavy atom. The molecule has 0 aliphatic heterocycles. The standard InChI is InChI=1S/C3H8O.C2H6O.2C2H5.O.Ti/c1-3(2)4;1-2-3;2*1-2;;/h3-4H,1-2H3;3H,2H2,1H3;2*1H2,2H3;;/q;;2*-1;;+2. The third kappa shape index (κ3) is 7180. The van der Waals surface area contributed by atoms with Crippen molar-refractivity contribution in [1.82, 2.24) is 0 Å². The second-order valence-electron chi connectivity index (χ2n) is 1.41. The van der Waals surface area contributed by atoms with Crippen LogP contribution in [0, 0.1) is 13.8 Å². The molecule has 3 nitrogen and oxygen atoms in total. The second-order valence-corrected chi connectivity index (χ2v) is 1.41. The molecule has 0 fully saturated rings. The first-order valence-electron chi connectivity index (χ1n) is 4.05. The molecule has 0 atom stereocenters. The molecule has 0 radical (unpaired) electrons. The van der Waals surface area contributed by atoms with Gasteiger partial charge in [0.1, 0.15) is 0 Å². The van der Waals surface area contributed by atoms with Crippen molar-refractivity contribution in [1.29, 1.82) is 0 Å². The van der Waals surface area contributed by atoms with E-state index < -0.39 is 0 Å².